The Morgan fingerprint density at radius 3 is 1.70 bits per heavy atom. The second kappa shape index (κ2) is 12.0. The Hall–Kier alpha value is -3.03. The van der Waals surface area contributed by atoms with Crippen LogP contribution >= 0.6 is 10.0 Å². The molecule has 0 fully saturated rings. The van der Waals surface area contributed by atoms with Crippen molar-refractivity contribution in [3.8, 4) is 11.1 Å². The second-order valence-electron chi connectivity index (χ2n) is 8.79. The maximum Gasteiger partial charge on any atom is 0.0110 e. The molecule has 0 saturated heterocycles. The molecule has 6 rings (SSSR count). The van der Waals surface area contributed by atoms with Crippen molar-refractivity contribution in [2.75, 3.05) is 0 Å². The molecule has 0 aromatic heterocycles. The van der Waals surface area contributed by atoms with Gasteiger partial charge in [-0.1, -0.05) is 121 Å². The summed E-state index contributed by atoms with van der Waals surface area (Å²) in [6, 6.07) is 23.0. The number of fused-ring (bicyclic) bond motifs is 8. The van der Waals surface area contributed by atoms with Crippen molar-refractivity contribution in [1.82, 2.24) is 0 Å². The van der Waals surface area contributed by atoms with Crippen LogP contribution in [-0.2, 0) is 11.5 Å². The van der Waals surface area contributed by atoms with Crippen LogP contribution in [0.5, 0.6) is 0 Å². The molecule has 37 heavy (non-hydrogen) atoms. The summed E-state index contributed by atoms with van der Waals surface area (Å²) < 4.78 is 0. The molecule has 194 valence electrons. The molecule has 1 heteroatoms. The van der Waals surface area contributed by atoms with E-state index >= 15 is 0 Å². The van der Waals surface area contributed by atoms with E-state index in [1.54, 1.807) is 9.79 Å². The average Bonchev–Trinajstić information content (AvgIpc) is 3.49. The van der Waals surface area contributed by atoms with Gasteiger partial charge in [-0.05, 0) is 75.2 Å². The van der Waals surface area contributed by atoms with Gasteiger partial charge in [-0.15, -0.1) is 0 Å². The smallest absolute Gasteiger partial charge is 0.0110 e. The molecule has 1 spiro atoms. The molecular formula is C36H44S. The number of hydrogen-bond donors (Lipinski definition) is 0. The highest BCUT2D eigenvalue weighted by Crippen LogP contribution is 2.78. The summed E-state index contributed by atoms with van der Waals surface area (Å²) in [6.07, 6.45) is 4.01. The molecule has 0 unspecified atom stereocenters. The van der Waals surface area contributed by atoms with Crippen LogP contribution < -0.4 is 0 Å². The molecular weight excluding hydrogens is 464 g/mol. The fourth-order valence-electron chi connectivity index (χ4n) is 5.96. The summed E-state index contributed by atoms with van der Waals surface area (Å²) in [4.78, 5) is 3.17. The van der Waals surface area contributed by atoms with Crippen LogP contribution in [0.4, 0.5) is 0 Å². The first-order valence-electron chi connectivity index (χ1n) is 13.9. The maximum absolute atomic E-state index is 4.16. The molecule has 0 bridgehead atoms. The van der Waals surface area contributed by atoms with E-state index in [4.69, 9.17) is 0 Å². The van der Waals surface area contributed by atoms with E-state index in [1.165, 1.54) is 55.3 Å². The van der Waals surface area contributed by atoms with Crippen LogP contribution in [0.3, 0.4) is 0 Å². The van der Waals surface area contributed by atoms with Crippen LogP contribution in [0.1, 0.15) is 74.9 Å². The Morgan fingerprint density at radius 2 is 1.14 bits per heavy atom. The Labute approximate surface area is 227 Å². The van der Waals surface area contributed by atoms with Gasteiger partial charge in [0.05, 0.1) is 0 Å². The third kappa shape index (κ3) is 4.28. The van der Waals surface area contributed by atoms with Crippen molar-refractivity contribution in [1.29, 1.82) is 0 Å². The highest BCUT2D eigenvalue weighted by atomic mass is 32.3. The van der Waals surface area contributed by atoms with Gasteiger partial charge in [-0.3, -0.25) is 0 Å². The normalized spacial score (nSPS) is 13.9. The monoisotopic (exact) mass is 508 g/mol. The Bertz CT molecular complexity index is 1410. The molecule has 2 aliphatic rings. The van der Waals surface area contributed by atoms with E-state index in [0.29, 0.717) is 0 Å². The first kappa shape index (κ1) is 28.5. The van der Waals surface area contributed by atoms with Crippen LogP contribution in [0, 0.1) is 13.8 Å². The van der Waals surface area contributed by atoms with Gasteiger partial charge in [0.1, 0.15) is 0 Å². The lowest BCUT2D eigenvalue weighted by Gasteiger charge is -2.35. The van der Waals surface area contributed by atoms with Gasteiger partial charge in [-0.25, -0.2) is 0 Å². The van der Waals surface area contributed by atoms with E-state index < -0.39 is 10.0 Å². The molecule has 0 N–H and O–H groups in total. The van der Waals surface area contributed by atoms with E-state index in [1.807, 2.05) is 53.7 Å². The van der Waals surface area contributed by atoms with Gasteiger partial charge >= 0.3 is 0 Å². The molecule has 2 heterocycles. The summed E-state index contributed by atoms with van der Waals surface area (Å²) in [6.45, 7) is 24.8. The summed E-state index contributed by atoms with van der Waals surface area (Å²) >= 11 is 0. The maximum atomic E-state index is 4.16. The highest BCUT2D eigenvalue weighted by molar-refractivity contribution is 8.33. The molecule has 0 atom stereocenters. The minimum atomic E-state index is -1.17. The zero-order valence-corrected chi connectivity index (χ0v) is 25.0. The SMILES string of the molecule is C=Cc1c(C=C)c(C)c2c3c(ccc2c1C)-c1ccccc1S31Cc2ccccc2C1.CC.CC.CC. The van der Waals surface area contributed by atoms with Gasteiger partial charge in [-0.2, -0.15) is 10.0 Å². The molecule has 2 aliphatic heterocycles. The van der Waals surface area contributed by atoms with Crippen LogP contribution in [0.25, 0.3) is 34.1 Å². The third-order valence-electron chi connectivity index (χ3n) is 7.35. The van der Waals surface area contributed by atoms with Crippen LogP contribution in [-0.4, -0.2) is 0 Å². The lowest BCUT2D eigenvalue weighted by atomic mass is 9.88. The predicted octanol–water partition coefficient (Wildman–Crippen LogP) is 11.7. The fourth-order valence-corrected chi connectivity index (χ4v) is 10.7. The lowest BCUT2D eigenvalue weighted by Crippen LogP contribution is -2.02. The first-order valence-corrected chi connectivity index (χ1v) is 15.9. The summed E-state index contributed by atoms with van der Waals surface area (Å²) in [5.41, 5.74) is 11.0. The largest absolute Gasteiger partial charge is 0.178 e. The molecule has 0 nitrogen and oxygen atoms in total. The molecule has 0 saturated carbocycles. The van der Waals surface area contributed by atoms with Crippen molar-refractivity contribution in [3.05, 3.63) is 107 Å². The van der Waals surface area contributed by atoms with E-state index in [-0.39, 0.29) is 0 Å². The predicted molar refractivity (Wildman–Crippen MR) is 171 cm³/mol. The van der Waals surface area contributed by atoms with Crippen molar-refractivity contribution >= 4 is 33.0 Å². The van der Waals surface area contributed by atoms with Crippen molar-refractivity contribution in [2.24, 2.45) is 0 Å². The van der Waals surface area contributed by atoms with Crippen LogP contribution in [0.15, 0.2) is 83.6 Å². The zero-order valence-electron chi connectivity index (χ0n) is 24.2. The van der Waals surface area contributed by atoms with E-state index in [0.717, 1.165) is 11.5 Å². The quantitative estimate of drug-likeness (QED) is 0.252. The Kier molecular flexibility index (Phi) is 9.26. The van der Waals surface area contributed by atoms with Gasteiger partial charge in [0.2, 0.25) is 0 Å². The number of hydrogen-bond acceptors (Lipinski definition) is 0. The van der Waals surface area contributed by atoms with Gasteiger partial charge in [0.25, 0.3) is 0 Å². The summed E-state index contributed by atoms with van der Waals surface area (Å²) in [5.74, 6) is 2.30. The third-order valence-corrected chi connectivity index (χ3v) is 11.4. The second-order valence-corrected chi connectivity index (χ2v) is 12.0. The molecule has 0 radical (unpaired) electrons. The van der Waals surface area contributed by atoms with Crippen molar-refractivity contribution in [3.63, 3.8) is 0 Å². The number of benzene rings is 4. The molecule has 4 aromatic rings. The lowest BCUT2D eigenvalue weighted by molar-refractivity contribution is 1.35. The minimum Gasteiger partial charge on any atom is -0.178 e. The van der Waals surface area contributed by atoms with Gasteiger partial charge < -0.3 is 0 Å². The van der Waals surface area contributed by atoms with Gasteiger partial charge in [0, 0.05) is 21.3 Å². The topological polar surface area (TPSA) is 0 Å². The number of rotatable bonds is 2. The molecule has 0 aliphatic carbocycles. The van der Waals surface area contributed by atoms with Gasteiger partial charge in [0.15, 0.2) is 0 Å². The van der Waals surface area contributed by atoms with E-state index in [9.17, 15) is 0 Å². The standard InChI is InChI=1S/C30H26S.3C2H6/c1-5-23-19(3)25-15-16-27-26-13-9-10-14-28(26)31(17-21-11-7-8-12-22(21)18-31)30(27)29(25)20(4)24(23)6-2;3*1-2/h5-16H,1-2,17-18H2,3-4H3;3*1-2H3. The van der Waals surface area contributed by atoms with Crippen molar-refractivity contribution < 1.29 is 0 Å². The highest BCUT2D eigenvalue weighted by Gasteiger charge is 2.44. The Balaban J connectivity index is 0.000000593. The summed E-state index contributed by atoms with van der Waals surface area (Å²) in [7, 11) is -1.17. The first-order chi connectivity index (χ1) is 18.1. The zero-order chi connectivity index (χ0) is 27.3. The van der Waals surface area contributed by atoms with E-state index in [2.05, 4.69) is 87.7 Å². The molecule has 4 aromatic carbocycles. The van der Waals surface area contributed by atoms with Crippen molar-refractivity contribution in [2.45, 2.75) is 76.7 Å². The Morgan fingerprint density at radius 1 is 0.622 bits per heavy atom. The van der Waals surface area contributed by atoms with Crippen LogP contribution in [0.2, 0.25) is 0 Å². The summed E-state index contributed by atoms with van der Waals surface area (Å²) in [5, 5.41) is 2.82. The number of aryl methyl sites for hydroxylation is 2. The fraction of sp³-hybridized carbons (Fsp3) is 0.278. The average molecular weight is 509 g/mol. The molecule has 0 amide bonds. The minimum absolute atomic E-state index is 1.15.